The molecule has 0 saturated carbocycles. The van der Waals surface area contributed by atoms with Crippen LogP contribution in [-0.2, 0) is 19.1 Å². The molecule has 4 atom stereocenters. The van der Waals surface area contributed by atoms with Crippen molar-refractivity contribution in [1.82, 2.24) is 0 Å². The van der Waals surface area contributed by atoms with E-state index < -0.39 is 17.3 Å². The molecule has 0 fully saturated rings. The number of alkyl halides is 1. The fourth-order valence-corrected chi connectivity index (χ4v) is 4.01. The summed E-state index contributed by atoms with van der Waals surface area (Å²) in [6.07, 6.45) is 1.60. The van der Waals surface area contributed by atoms with Gasteiger partial charge in [0.25, 0.3) is 0 Å². The van der Waals surface area contributed by atoms with E-state index in [1.807, 2.05) is 36.4 Å². The van der Waals surface area contributed by atoms with Gasteiger partial charge in [-0.2, -0.15) is 0 Å². The minimum atomic E-state index is -0.882. The van der Waals surface area contributed by atoms with Crippen molar-refractivity contribution >= 4 is 23.5 Å². The van der Waals surface area contributed by atoms with Crippen molar-refractivity contribution in [1.29, 1.82) is 0 Å². The van der Waals surface area contributed by atoms with Gasteiger partial charge in [-0.25, -0.2) is 0 Å². The average molecular weight is 417 g/mol. The van der Waals surface area contributed by atoms with Crippen LogP contribution in [-0.4, -0.2) is 31.5 Å². The highest BCUT2D eigenvalue weighted by atomic mass is 35.5. The van der Waals surface area contributed by atoms with Crippen LogP contribution in [0.25, 0.3) is 0 Å². The number of hydrogen-bond acceptors (Lipinski definition) is 4. The van der Waals surface area contributed by atoms with Gasteiger partial charge in [0.05, 0.1) is 20.1 Å². The quantitative estimate of drug-likeness (QED) is 0.389. The molecule has 0 bridgehead atoms. The first kappa shape index (κ1) is 23.0. The van der Waals surface area contributed by atoms with Crippen molar-refractivity contribution in [2.24, 2.45) is 5.92 Å². The molecular weight excluding hydrogens is 388 g/mol. The van der Waals surface area contributed by atoms with E-state index in [1.54, 1.807) is 0 Å². The van der Waals surface area contributed by atoms with Gasteiger partial charge in [-0.1, -0.05) is 67.6 Å². The summed E-state index contributed by atoms with van der Waals surface area (Å²) in [6.45, 7) is 2.19. The smallest absolute Gasteiger partial charge is 0.323 e. The highest BCUT2D eigenvalue weighted by Crippen LogP contribution is 2.36. The van der Waals surface area contributed by atoms with Crippen LogP contribution in [0.15, 0.2) is 60.7 Å². The van der Waals surface area contributed by atoms with Crippen LogP contribution in [0.4, 0.5) is 0 Å². The van der Waals surface area contributed by atoms with Crippen molar-refractivity contribution < 1.29 is 19.1 Å². The lowest BCUT2D eigenvalue weighted by molar-refractivity contribution is -0.147. The molecule has 156 valence electrons. The minimum Gasteiger partial charge on any atom is -0.469 e. The SMILES string of the molecule is COC(=O)C(Cl)CC(CC(CC(C)c1ccccc1)c1ccccc1)C(=O)OC. The summed E-state index contributed by atoms with van der Waals surface area (Å²) in [5.41, 5.74) is 2.42. The monoisotopic (exact) mass is 416 g/mol. The third-order valence-electron chi connectivity index (χ3n) is 5.33. The number of benzene rings is 2. The Morgan fingerprint density at radius 2 is 1.31 bits per heavy atom. The summed E-state index contributed by atoms with van der Waals surface area (Å²) < 4.78 is 9.72. The summed E-state index contributed by atoms with van der Waals surface area (Å²) in [5.74, 6) is -0.943. The summed E-state index contributed by atoms with van der Waals surface area (Å²) in [4.78, 5) is 24.2. The third kappa shape index (κ3) is 6.90. The highest BCUT2D eigenvalue weighted by Gasteiger charge is 2.31. The maximum Gasteiger partial charge on any atom is 0.323 e. The highest BCUT2D eigenvalue weighted by molar-refractivity contribution is 6.29. The Bertz CT molecular complexity index is 763. The van der Waals surface area contributed by atoms with Crippen LogP contribution < -0.4 is 0 Å². The van der Waals surface area contributed by atoms with Gasteiger partial charge in [0.2, 0.25) is 0 Å². The van der Waals surface area contributed by atoms with Crippen molar-refractivity contribution in [3.63, 3.8) is 0 Å². The molecule has 0 aliphatic carbocycles. The molecule has 4 unspecified atom stereocenters. The predicted octanol–water partition coefficient (Wildman–Crippen LogP) is 5.31. The van der Waals surface area contributed by atoms with E-state index >= 15 is 0 Å². The molecule has 2 rings (SSSR count). The van der Waals surface area contributed by atoms with E-state index in [1.165, 1.54) is 19.8 Å². The third-order valence-corrected chi connectivity index (χ3v) is 5.69. The Kier molecular flexibility index (Phi) is 9.20. The predicted molar refractivity (Wildman–Crippen MR) is 115 cm³/mol. The van der Waals surface area contributed by atoms with Gasteiger partial charge in [-0.15, -0.1) is 11.6 Å². The van der Waals surface area contributed by atoms with Crippen molar-refractivity contribution in [2.75, 3.05) is 14.2 Å². The van der Waals surface area contributed by atoms with Gasteiger partial charge in [-0.05, 0) is 42.2 Å². The zero-order chi connectivity index (χ0) is 21.2. The van der Waals surface area contributed by atoms with E-state index in [-0.39, 0.29) is 18.3 Å². The maximum absolute atomic E-state index is 12.4. The van der Waals surface area contributed by atoms with E-state index in [4.69, 9.17) is 21.1 Å². The largest absolute Gasteiger partial charge is 0.469 e. The van der Waals surface area contributed by atoms with Gasteiger partial charge in [0.1, 0.15) is 5.38 Å². The Labute approximate surface area is 178 Å². The zero-order valence-corrected chi connectivity index (χ0v) is 18.0. The van der Waals surface area contributed by atoms with Gasteiger partial charge in [-0.3, -0.25) is 9.59 Å². The molecule has 0 spiro atoms. The standard InChI is InChI=1S/C24H29ClO4/c1-17(18-10-6-4-7-11-18)14-20(19-12-8-5-9-13-19)15-21(23(26)28-2)16-22(25)24(27)29-3/h4-13,17,20-22H,14-16H2,1-3H3. The molecule has 4 nitrogen and oxygen atoms in total. The van der Waals surface area contributed by atoms with Crippen molar-refractivity contribution in [3.8, 4) is 0 Å². The number of rotatable bonds is 10. The van der Waals surface area contributed by atoms with Gasteiger partial charge in [0.15, 0.2) is 0 Å². The first-order valence-corrected chi connectivity index (χ1v) is 10.3. The van der Waals surface area contributed by atoms with Crippen LogP contribution in [0.1, 0.15) is 49.1 Å². The number of carbonyl (C=O) groups excluding carboxylic acids is 2. The molecule has 0 aliphatic heterocycles. The lowest BCUT2D eigenvalue weighted by Gasteiger charge is -2.26. The molecule has 0 aromatic heterocycles. The molecule has 0 radical (unpaired) electrons. The average Bonchev–Trinajstić information content (AvgIpc) is 2.77. The van der Waals surface area contributed by atoms with Crippen LogP contribution in [0.2, 0.25) is 0 Å². The zero-order valence-electron chi connectivity index (χ0n) is 17.2. The first-order valence-electron chi connectivity index (χ1n) is 9.85. The molecular formula is C24H29ClO4. The van der Waals surface area contributed by atoms with Gasteiger partial charge >= 0.3 is 11.9 Å². The summed E-state index contributed by atoms with van der Waals surface area (Å²) in [6, 6.07) is 20.5. The fourth-order valence-electron chi connectivity index (χ4n) is 3.71. The Hall–Kier alpha value is -2.33. The second-order valence-electron chi connectivity index (χ2n) is 7.34. The molecule has 29 heavy (non-hydrogen) atoms. The van der Waals surface area contributed by atoms with Crippen LogP contribution >= 0.6 is 11.6 Å². The van der Waals surface area contributed by atoms with E-state index in [9.17, 15) is 9.59 Å². The lowest BCUT2D eigenvalue weighted by Crippen LogP contribution is -2.27. The van der Waals surface area contributed by atoms with Gasteiger partial charge in [0, 0.05) is 0 Å². The van der Waals surface area contributed by atoms with Crippen LogP contribution in [0.3, 0.4) is 0 Å². The number of methoxy groups -OCH3 is 2. The second-order valence-corrected chi connectivity index (χ2v) is 7.86. The normalized spacial score (nSPS) is 15.0. The molecule has 2 aromatic rings. The number of carbonyl (C=O) groups is 2. The molecule has 5 heteroatoms. The minimum absolute atomic E-state index is 0.122. The summed E-state index contributed by atoms with van der Waals surface area (Å²) in [7, 11) is 2.65. The van der Waals surface area contributed by atoms with E-state index in [2.05, 4.69) is 31.2 Å². The molecule has 0 amide bonds. The number of ether oxygens (including phenoxy) is 2. The molecule has 0 N–H and O–H groups in total. The van der Waals surface area contributed by atoms with E-state index in [0.29, 0.717) is 12.3 Å². The number of halogens is 1. The molecule has 0 saturated heterocycles. The summed E-state index contributed by atoms with van der Waals surface area (Å²) >= 11 is 6.18. The van der Waals surface area contributed by atoms with Crippen LogP contribution in [0, 0.1) is 5.92 Å². The lowest BCUT2D eigenvalue weighted by atomic mass is 9.80. The number of hydrogen-bond donors (Lipinski definition) is 0. The number of esters is 2. The van der Waals surface area contributed by atoms with Crippen molar-refractivity contribution in [2.45, 2.75) is 43.4 Å². The first-order chi connectivity index (χ1) is 14.0. The molecule has 0 heterocycles. The maximum atomic E-state index is 12.4. The molecule has 2 aromatic carbocycles. The Balaban J connectivity index is 2.23. The van der Waals surface area contributed by atoms with Gasteiger partial charge < -0.3 is 9.47 Å². The van der Waals surface area contributed by atoms with Crippen molar-refractivity contribution in [3.05, 3.63) is 71.8 Å². The molecule has 0 aliphatic rings. The summed E-state index contributed by atoms with van der Waals surface area (Å²) in [5, 5.41) is -0.882. The second kappa shape index (κ2) is 11.6. The van der Waals surface area contributed by atoms with Crippen LogP contribution in [0.5, 0.6) is 0 Å². The Morgan fingerprint density at radius 3 is 1.83 bits per heavy atom. The van der Waals surface area contributed by atoms with E-state index in [0.717, 1.165) is 12.0 Å². The topological polar surface area (TPSA) is 52.6 Å². The fraction of sp³-hybridized carbons (Fsp3) is 0.417. The Morgan fingerprint density at radius 1 is 0.793 bits per heavy atom.